The molecule has 130 valence electrons. The fourth-order valence-electron chi connectivity index (χ4n) is 2.55. The molecule has 5 N–H and O–H groups in total. The molecule has 0 radical (unpaired) electrons. The molecular formula is C12H14N4O8. The Labute approximate surface area is 133 Å². The fourth-order valence-corrected chi connectivity index (χ4v) is 2.55. The van der Waals surface area contributed by atoms with E-state index in [1.54, 1.807) is 0 Å². The van der Waals surface area contributed by atoms with Crippen LogP contribution in [0.1, 0.15) is 0 Å². The van der Waals surface area contributed by atoms with Gasteiger partial charge in [0.05, 0.1) is 17.2 Å². The van der Waals surface area contributed by atoms with Gasteiger partial charge in [-0.25, -0.2) is 4.63 Å². The van der Waals surface area contributed by atoms with E-state index in [9.17, 15) is 25.4 Å². The molecule has 1 saturated heterocycles. The molecule has 12 nitrogen and oxygen atoms in total. The first-order valence-electron chi connectivity index (χ1n) is 6.90. The number of non-ortho nitro benzene ring substituents is 1. The van der Waals surface area contributed by atoms with Crippen molar-refractivity contribution in [2.75, 3.05) is 11.9 Å². The van der Waals surface area contributed by atoms with Gasteiger partial charge in [-0.3, -0.25) is 10.1 Å². The van der Waals surface area contributed by atoms with Gasteiger partial charge in [-0.05, 0) is 16.4 Å². The number of fused-ring (bicyclic) bond motifs is 1. The second-order valence-electron chi connectivity index (χ2n) is 5.25. The van der Waals surface area contributed by atoms with Crippen LogP contribution in [0.5, 0.6) is 0 Å². The van der Waals surface area contributed by atoms with Crippen molar-refractivity contribution in [1.82, 2.24) is 10.3 Å². The minimum atomic E-state index is -1.55. The van der Waals surface area contributed by atoms with Gasteiger partial charge in [0.15, 0.2) is 11.8 Å². The summed E-state index contributed by atoms with van der Waals surface area (Å²) in [5.74, 6) is 0. The summed E-state index contributed by atoms with van der Waals surface area (Å²) in [5.41, 5.74) is -0.238. The van der Waals surface area contributed by atoms with E-state index in [0.29, 0.717) is 0 Å². The highest BCUT2D eigenvalue weighted by atomic mass is 16.6. The molecule has 3 rings (SSSR count). The number of aromatic nitrogens is 2. The Morgan fingerprint density at radius 2 is 1.92 bits per heavy atom. The highest BCUT2D eigenvalue weighted by molar-refractivity contribution is 5.93. The molecular weight excluding hydrogens is 328 g/mol. The van der Waals surface area contributed by atoms with Gasteiger partial charge in [-0.2, -0.15) is 0 Å². The third kappa shape index (κ3) is 2.65. The number of aliphatic hydroxyl groups is 4. The summed E-state index contributed by atoms with van der Waals surface area (Å²) in [4.78, 5) is 10.3. The van der Waals surface area contributed by atoms with Gasteiger partial charge < -0.3 is 30.5 Å². The van der Waals surface area contributed by atoms with Crippen molar-refractivity contribution in [3.63, 3.8) is 0 Å². The zero-order chi connectivity index (χ0) is 17.4. The zero-order valence-corrected chi connectivity index (χ0v) is 12.0. The van der Waals surface area contributed by atoms with Gasteiger partial charge >= 0.3 is 5.69 Å². The molecule has 3 unspecified atom stereocenters. The summed E-state index contributed by atoms with van der Waals surface area (Å²) in [5, 5.41) is 59.7. The second-order valence-corrected chi connectivity index (χ2v) is 5.25. The largest absolute Gasteiger partial charge is 0.394 e. The lowest BCUT2D eigenvalue weighted by atomic mass is 9.96. The quantitative estimate of drug-likeness (QED) is 0.316. The van der Waals surface area contributed by atoms with E-state index < -0.39 is 42.2 Å². The Balaban J connectivity index is 1.91. The molecule has 0 spiro atoms. The van der Waals surface area contributed by atoms with Crippen molar-refractivity contribution in [2.24, 2.45) is 0 Å². The molecule has 0 bridgehead atoms. The van der Waals surface area contributed by atoms with Crippen LogP contribution in [0.15, 0.2) is 16.8 Å². The molecule has 5 atom stereocenters. The maximum atomic E-state index is 10.9. The number of nitrogens with zero attached hydrogens (tertiary/aromatic N) is 3. The normalized spacial score (nSPS) is 30.4. The van der Waals surface area contributed by atoms with Crippen molar-refractivity contribution < 1.29 is 34.7 Å². The predicted octanol–water partition coefficient (Wildman–Crippen LogP) is -1.66. The number of anilines is 1. The van der Waals surface area contributed by atoms with Crippen LogP contribution in [0.25, 0.3) is 11.0 Å². The van der Waals surface area contributed by atoms with Crippen molar-refractivity contribution >= 4 is 22.4 Å². The van der Waals surface area contributed by atoms with Crippen molar-refractivity contribution in [2.45, 2.75) is 30.6 Å². The first-order chi connectivity index (χ1) is 11.4. The first-order valence-corrected chi connectivity index (χ1v) is 6.90. The van der Waals surface area contributed by atoms with Crippen LogP contribution < -0.4 is 5.32 Å². The summed E-state index contributed by atoms with van der Waals surface area (Å²) >= 11 is 0. The van der Waals surface area contributed by atoms with Gasteiger partial charge in [0.25, 0.3) is 0 Å². The average Bonchev–Trinajstić information content (AvgIpc) is 3.04. The summed E-state index contributed by atoms with van der Waals surface area (Å²) in [6.07, 6.45) is -5.61. The lowest BCUT2D eigenvalue weighted by molar-refractivity contribution is -0.383. The molecule has 0 amide bonds. The van der Waals surface area contributed by atoms with Gasteiger partial charge in [0, 0.05) is 6.07 Å². The lowest BCUT2D eigenvalue weighted by Crippen LogP contribution is -2.61. The number of hydrogen-bond acceptors (Lipinski definition) is 11. The molecule has 1 aliphatic heterocycles. The number of nitro benzene ring substituents is 1. The van der Waals surface area contributed by atoms with E-state index in [2.05, 4.69) is 20.3 Å². The Kier molecular flexibility index (Phi) is 4.29. The molecule has 24 heavy (non-hydrogen) atoms. The van der Waals surface area contributed by atoms with E-state index in [1.807, 2.05) is 0 Å². The first kappa shape index (κ1) is 16.5. The van der Waals surface area contributed by atoms with Gasteiger partial charge in [-0.15, -0.1) is 0 Å². The maximum absolute atomic E-state index is 10.9. The van der Waals surface area contributed by atoms with Crippen molar-refractivity contribution in [3.05, 3.63) is 22.2 Å². The van der Waals surface area contributed by atoms with E-state index in [-0.39, 0.29) is 22.4 Å². The van der Waals surface area contributed by atoms with E-state index >= 15 is 0 Å². The van der Waals surface area contributed by atoms with E-state index in [1.165, 1.54) is 6.07 Å². The number of benzene rings is 1. The summed E-state index contributed by atoms with van der Waals surface area (Å²) in [7, 11) is 0. The minimum absolute atomic E-state index is 0.0161. The topological polar surface area (TPSA) is 184 Å². The lowest BCUT2D eigenvalue weighted by Gasteiger charge is -2.40. The van der Waals surface area contributed by atoms with Crippen LogP contribution in [0.3, 0.4) is 0 Å². The second kappa shape index (κ2) is 6.26. The van der Waals surface area contributed by atoms with Crippen molar-refractivity contribution in [3.8, 4) is 0 Å². The number of rotatable bonds is 4. The molecule has 1 aliphatic rings. The Morgan fingerprint density at radius 1 is 1.21 bits per heavy atom. The van der Waals surface area contributed by atoms with Gasteiger partial charge in [0.1, 0.15) is 24.4 Å². The van der Waals surface area contributed by atoms with Crippen molar-refractivity contribution in [1.29, 1.82) is 0 Å². The number of hydrogen-bond donors (Lipinski definition) is 5. The molecule has 0 saturated carbocycles. The summed E-state index contributed by atoms with van der Waals surface area (Å²) < 4.78 is 9.54. The van der Waals surface area contributed by atoms with Crippen LogP contribution in [0.2, 0.25) is 0 Å². The predicted molar refractivity (Wildman–Crippen MR) is 75.8 cm³/mol. The highest BCUT2D eigenvalue weighted by Crippen LogP contribution is 2.31. The Bertz CT molecular complexity index is 752. The molecule has 1 aromatic heterocycles. The van der Waals surface area contributed by atoms with Gasteiger partial charge in [-0.1, -0.05) is 0 Å². The Morgan fingerprint density at radius 3 is 2.58 bits per heavy atom. The minimum Gasteiger partial charge on any atom is -0.394 e. The molecule has 1 aromatic carbocycles. The maximum Gasteiger partial charge on any atom is 0.300 e. The van der Waals surface area contributed by atoms with Crippen LogP contribution >= 0.6 is 0 Å². The van der Waals surface area contributed by atoms with Crippen LogP contribution in [0.4, 0.5) is 11.4 Å². The number of nitro groups is 1. The highest BCUT2D eigenvalue weighted by Gasteiger charge is 2.44. The number of ether oxygens (including phenoxy) is 1. The monoisotopic (exact) mass is 342 g/mol. The third-order valence-electron chi connectivity index (χ3n) is 3.81. The van der Waals surface area contributed by atoms with E-state index in [0.717, 1.165) is 6.07 Å². The molecule has 1 fully saturated rings. The van der Waals surface area contributed by atoms with Gasteiger partial charge in [0.2, 0.25) is 5.52 Å². The summed E-state index contributed by atoms with van der Waals surface area (Å²) in [6.45, 7) is -0.586. The molecule has 0 aliphatic carbocycles. The average molecular weight is 342 g/mol. The fraction of sp³-hybridized carbons (Fsp3) is 0.500. The van der Waals surface area contributed by atoms with E-state index in [4.69, 9.17) is 9.84 Å². The summed E-state index contributed by atoms with van der Waals surface area (Å²) in [6, 6.07) is 1.28. The van der Waals surface area contributed by atoms with Crippen LogP contribution in [-0.2, 0) is 4.74 Å². The Hall–Kier alpha value is -2.38. The van der Waals surface area contributed by atoms with Crippen LogP contribution in [-0.4, -0.2) is 72.9 Å². The number of nitrogens with one attached hydrogen (secondary N) is 1. The zero-order valence-electron chi connectivity index (χ0n) is 12.0. The number of aliphatic hydroxyl groups excluding tert-OH is 4. The smallest absolute Gasteiger partial charge is 0.300 e. The standard InChI is InChI=1S/C12H14N4O8/c17-3-6-10(18)11(19)9(12(20)23-6)13-4-1-2-5(16(21)22)8-7(4)14-24-15-8/h1-2,6,9-13,17-20H,3H2/t6?,9?,10-,11-,12?/m1/s1. The molecule has 12 heteroatoms. The van der Waals surface area contributed by atoms with Crippen LogP contribution in [0, 0.1) is 10.1 Å². The molecule has 2 heterocycles. The molecule has 2 aromatic rings. The SMILES string of the molecule is O=[N+]([O-])c1ccc(NC2C(O)OC(CO)[C@@H](O)[C@@H]2O)c2nonc12. The third-order valence-corrected chi connectivity index (χ3v) is 3.81.